The SMILES string of the molecule is CC.CC(C)CCCCC1CCC2C3CC=C4CC(SSc5cccc[n+]5C)CCC4(C)C3CCC12C. The average Bonchev–Trinajstić information content (AvgIpc) is 3.23. The Bertz CT molecular complexity index is 909. The summed E-state index contributed by atoms with van der Waals surface area (Å²) in [6.07, 6.45) is 22.4. The van der Waals surface area contributed by atoms with Crippen molar-refractivity contribution in [2.75, 3.05) is 0 Å². The molecule has 1 aromatic heterocycles. The van der Waals surface area contributed by atoms with Gasteiger partial charge < -0.3 is 0 Å². The maximum Gasteiger partial charge on any atom is 0.250 e. The van der Waals surface area contributed by atoms with E-state index in [9.17, 15) is 0 Å². The van der Waals surface area contributed by atoms with Gasteiger partial charge in [0.2, 0.25) is 5.03 Å². The van der Waals surface area contributed by atoms with Crippen molar-refractivity contribution < 1.29 is 4.57 Å². The van der Waals surface area contributed by atoms with Crippen LogP contribution in [0.15, 0.2) is 41.1 Å². The largest absolute Gasteiger partial charge is 0.250 e. The van der Waals surface area contributed by atoms with E-state index in [1.165, 1.54) is 82.1 Å². The molecule has 3 fully saturated rings. The third-order valence-electron chi connectivity index (χ3n) is 11.1. The van der Waals surface area contributed by atoms with Crippen molar-refractivity contribution in [1.29, 1.82) is 0 Å². The molecule has 5 rings (SSSR count). The summed E-state index contributed by atoms with van der Waals surface area (Å²) in [4.78, 5) is 0. The first-order valence-corrected chi connectivity index (χ1v) is 18.0. The Morgan fingerprint density at radius 3 is 2.57 bits per heavy atom. The number of pyridine rings is 1. The summed E-state index contributed by atoms with van der Waals surface area (Å²) in [6.45, 7) is 14.2. The van der Waals surface area contributed by atoms with E-state index in [2.05, 4.69) is 80.6 Å². The molecular weight excluding hydrogens is 487 g/mol. The van der Waals surface area contributed by atoms with E-state index in [4.69, 9.17) is 0 Å². The number of aromatic nitrogens is 1. The molecule has 0 aliphatic heterocycles. The number of aryl methyl sites for hydroxylation is 1. The van der Waals surface area contributed by atoms with Crippen LogP contribution in [-0.2, 0) is 7.05 Å². The van der Waals surface area contributed by atoms with Crippen LogP contribution in [0.25, 0.3) is 0 Å². The first-order valence-electron chi connectivity index (χ1n) is 15.8. The van der Waals surface area contributed by atoms with E-state index >= 15 is 0 Å². The summed E-state index contributed by atoms with van der Waals surface area (Å²) in [7, 11) is 6.29. The van der Waals surface area contributed by atoms with Gasteiger partial charge in [0, 0.05) is 28.2 Å². The highest BCUT2D eigenvalue weighted by molar-refractivity contribution is 8.76. The average molecular weight is 543 g/mol. The van der Waals surface area contributed by atoms with E-state index in [0.717, 1.165) is 34.8 Å². The molecule has 4 aliphatic carbocycles. The number of hydrogen-bond donors (Lipinski definition) is 0. The summed E-state index contributed by atoms with van der Waals surface area (Å²) in [5.41, 5.74) is 2.96. The van der Waals surface area contributed by atoms with Crippen molar-refractivity contribution in [3.05, 3.63) is 36.0 Å². The van der Waals surface area contributed by atoms with E-state index in [1.54, 1.807) is 0 Å². The highest BCUT2D eigenvalue weighted by Crippen LogP contribution is 2.67. The first kappa shape index (κ1) is 29.6. The Morgan fingerprint density at radius 1 is 1.00 bits per heavy atom. The molecule has 0 bridgehead atoms. The highest BCUT2D eigenvalue weighted by Gasteiger charge is 2.58. The number of nitrogens with zero attached hydrogens (tertiary/aromatic N) is 1. The molecule has 3 saturated carbocycles. The molecule has 1 heterocycles. The molecule has 7 atom stereocenters. The standard InChI is InChI=1S/C32H50NS2.C2H6/c1-23(2)10-6-7-11-24-14-16-28-27-15-13-25-22-26(34-35-30-12-8-9-21-33(30)5)17-19-32(25,4)29(27)18-20-31(24,28)3;1-2/h8-9,12-13,21,23-24,26-29H,6-7,10-11,14-20,22H2,1-5H3;1-2H3/q+1;. The second-order valence-corrected chi connectivity index (χ2v) is 16.0. The van der Waals surface area contributed by atoms with E-state index in [0.29, 0.717) is 10.8 Å². The van der Waals surface area contributed by atoms with Crippen LogP contribution in [0.4, 0.5) is 0 Å². The Kier molecular flexibility index (Phi) is 10.3. The van der Waals surface area contributed by atoms with Gasteiger partial charge in [-0.25, -0.2) is 0 Å². The van der Waals surface area contributed by atoms with Gasteiger partial charge in [0.25, 0.3) is 0 Å². The quantitative estimate of drug-likeness (QED) is 0.139. The van der Waals surface area contributed by atoms with Crippen LogP contribution in [0.2, 0.25) is 0 Å². The second-order valence-electron chi connectivity index (χ2n) is 13.5. The molecule has 3 heteroatoms. The zero-order valence-corrected chi connectivity index (χ0v) is 26.7. The van der Waals surface area contributed by atoms with Crippen LogP contribution < -0.4 is 4.57 Å². The lowest BCUT2D eigenvalue weighted by atomic mass is 9.47. The van der Waals surface area contributed by atoms with Crippen LogP contribution in [0.1, 0.15) is 119 Å². The summed E-state index contributed by atoms with van der Waals surface area (Å²) >= 11 is 0. The maximum atomic E-state index is 2.77. The minimum atomic E-state index is 0.485. The monoisotopic (exact) mass is 542 g/mol. The molecule has 0 amide bonds. The molecule has 1 nitrogen and oxygen atoms in total. The van der Waals surface area contributed by atoms with E-state index in [1.807, 2.05) is 30.2 Å². The molecule has 0 radical (unpaired) electrons. The van der Waals surface area contributed by atoms with Crippen molar-refractivity contribution in [3.8, 4) is 0 Å². The highest BCUT2D eigenvalue weighted by atomic mass is 33.1. The fourth-order valence-electron chi connectivity index (χ4n) is 8.95. The topological polar surface area (TPSA) is 3.88 Å². The minimum absolute atomic E-state index is 0.485. The van der Waals surface area contributed by atoms with Gasteiger partial charge in [-0.1, -0.05) is 83.2 Å². The van der Waals surface area contributed by atoms with Crippen molar-refractivity contribution in [1.82, 2.24) is 0 Å². The van der Waals surface area contributed by atoms with Crippen LogP contribution in [0.3, 0.4) is 0 Å². The second kappa shape index (κ2) is 12.8. The first-order chi connectivity index (χ1) is 17.8. The lowest BCUT2D eigenvalue weighted by Gasteiger charge is -2.58. The molecular formula is C34H56NS2+. The fourth-order valence-corrected chi connectivity index (χ4v) is 11.7. The molecule has 4 aliphatic rings. The van der Waals surface area contributed by atoms with Crippen molar-refractivity contribution in [2.24, 2.45) is 47.5 Å². The Balaban J connectivity index is 0.00000156. The molecule has 0 saturated heterocycles. The minimum Gasteiger partial charge on any atom is -0.195 e. The summed E-state index contributed by atoms with van der Waals surface area (Å²) < 4.78 is 2.26. The predicted molar refractivity (Wildman–Crippen MR) is 165 cm³/mol. The molecule has 0 spiro atoms. The van der Waals surface area contributed by atoms with E-state index < -0.39 is 0 Å². The summed E-state index contributed by atoms with van der Waals surface area (Å²) in [5.74, 6) is 4.78. The maximum absolute atomic E-state index is 2.77. The summed E-state index contributed by atoms with van der Waals surface area (Å²) in [6, 6.07) is 6.55. The number of fused-ring (bicyclic) bond motifs is 5. The predicted octanol–water partition coefficient (Wildman–Crippen LogP) is 10.4. The number of hydrogen-bond acceptors (Lipinski definition) is 2. The Hall–Kier alpha value is -0.410. The Morgan fingerprint density at radius 2 is 1.81 bits per heavy atom. The van der Waals surface area contributed by atoms with Gasteiger partial charge in [-0.05, 0) is 104 Å². The van der Waals surface area contributed by atoms with Crippen molar-refractivity contribution in [3.63, 3.8) is 0 Å². The molecule has 208 valence electrons. The summed E-state index contributed by atoms with van der Waals surface area (Å²) in [5, 5.41) is 2.14. The number of allylic oxidation sites excluding steroid dienone is 2. The van der Waals surface area contributed by atoms with Crippen molar-refractivity contribution >= 4 is 21.6 Å². The molecule has 0 aromatic carbocycles. The van der Waals surface area contributed by atoms with Gasteiger partial charge in [0.05, 0.1) is 0 Å². The fraction of sp³-hybridized carbons (Fsp3) is 0.794. The van der Waals surface area contributed by atoms with Gasteiger partial charge in [-0.2, -0.15) is 4.57 Å². The normalized spacial score (nSPS) is 36.6. The molecule has 7 unspecified atom stereocenters. The Labute approximate surface area is 237 Å². The lowest BCUT2D eigenvalue weighted by molar-refractivity contribution is -0.708. The molecule has 1 aromatic rings. The van der Waals surface area contributed by atoms with Crippen LogP contribution in [0, 0.1) is 40.4 Å². The lowest BCUT2D eigenvalue weighted by Crippen LogP contribution is -2.50. The van der Waals surface area contributed by atoms with Crippen LogP contribution >= 0.6 is 21.6 Å². The zero-order valence-electron chi connectivity index (χ0n) is 25.1. The number of rotatable bonds is 8. The van der Waals surface area contributed by atoms with Crippen LogP contribution in [-0.4, -0.2) is 5.25 Å². The van der Waals surface area contributed by atoms with E-state index in [-0.39, 0.29) is 0 Å². The van der Waals surface area contributed by atoms with Gasteiger partial charge in [0.1, 0.15) is 7.05 Å². The van der Waals surface area contributed by atoms with Gasteiger partial charge in [0.15, 0.2) is 6.20 Å². The zero-order chi connectivity index (χ0) is 26.6. The smallest absolute Gasteiger partial charge is 0.195 e. The third-order valence-corrected chi connectivity index (χ3v) is 14.1. The van der Waals surface area contributed by atoms with Gasteiger partial charge >= 0.3 is 0 Å². The van der Waals surface area contributed by atoms with Crippen molar-refractivity contribution in [2.45, 2.75) is 129 Å². The number of unbranched alkanes of at least 4 members (excludes halogenated alkanes) is 1. The van der Waals surface area contributed by atoms with Crippen LogP contribution in [0.5, 0.6) is 0 Å². The van der Waals surface area contributed by atoms with Gasteiger partial charge in [-0.15, -0.1) is 0 Å². The third kappa shape index (κ3) is 6.18. The molecule has 0 N–H and O–H groups in total. The van der Waals surface area contributed by atoms with Gasteiger partial charge in [-0.3, -0.25) is 0 Å². The molecule has 37 heavy (non-hydrogen) atoms.